The third-order valence-corrected chi connectivity index (χ3v) is 5.21. The average Bonchev–Trinajstić information content (AvgIpc) is 2.97. The minimum atomic E-state index is -1.22. The standard InChI is InChI=1S/C32H26O8/c1-5-29(33)37-24-16-15-23(27(19-24)39-31(35)7-3)14-11-21-9-12-22(13-10-21)26-18-17-25(38-30(34)6-2)20-28(26)40-32(36)8-4/h5-20,30,34H,1-4H2/b14-11+. The predicted molar refractivity (Wildman–Crippen MR) is 152 cm³/mol. The molecule has 0 aliphatic carbocycles. The van der Waals surface area contributed by atoms with Crippen molar-refractivity contribution in [3.8, 4) is 34.1 Å². The molecule has 8 heteroatoms. The first-order valence-corrected chi connectivity index (χ1v) is 11.8. The highest BCUT2D eigenvalue weighted by Gasteiger charge is 2.13. The second-order valence-corrected chi connectivity index (χ2v) is 7.93. The van der Waals surface area contributed by atoms with Crippen molar-refractivity contribution >= 4 is 30.1 Å². The molecule has 0 saturated heterocycles. The van der Waals surface area contributed by atoms with Crippen LogP contribution in [0.4, 0.5) is 0 Å². The third-order valence-electron chi connectivity index (χ3n) is 5.21. The van der Waals surface area contributed by atoms with Crippen molar-refractivity contribution in [2.45, 2.75) is 6.29 Å². The Hall–Kier alpha value is -5.47. The topological polar surface area (TPSA) is 108 Å². The van der Waals surface area contributed by atoms with Crippen LogP contribution >= 0.6 is 0 Å². The number of ether oxygens (including phenoxy) is 4. The maximum atomic E-state index is 11.9. The van der Waals surface area contributed by atoms with Crippen LogP contribution < -0.4 is 18.9 Å². The highest BCUT2D eigenvalue weighted by Crippen LogP contribution is 2.34. The number of rotatable bonds is 12. The Morgan fingerprint density at radius 3 is 1.88 bits per heavy atom. The summed E-state index contributed by atoms with van der Waals surface area (Å²) >= 11 is 0. The first-order chi connectivity index (χ1) is 19.3. The Balaban J connectivity index is 1.89. The molecule has 0 fully saturated rings. The second-order valence-electron chi connectivity index (χ2n) is 7.93. The number of hydrogen-bond donors (Lipinski definition) is 1. The first-order valence-electron chi connectivity index (χ1n) is 11.8. The van der Waals surface area contributed by atoms with Gasteiger partial charge in [0.1, 0.15) is 23.0 Å². The van der Waals surface area contributed by atoms with Gasteiger partial charge in [-0.1, -0.05) is 62.7 Å². The van der Waals surface area contributed by atoms with Crippen LogP contribution in [0.3, 0.4) is 0 Å². The molecule has 1 atom stereocenters. The molecule has 0 heterocycles. The normalized spacial score (nSPS) is 11.1. The van der Waals surface area contributed by atoms with Crippen LogP contribution in [0.5, 0.6) is 23.0 Å². The summed E-state index contributed by atoms with van der Waals surface area (Å²) < 4.78 is 21.1. The highest BCUT2D eigenvalue weighted by atomic mass is 16.6. The Morgan fingerprint density at radius 1 is 0.675 bits per heavy atom. The Labute approximate surface area is 231 Å². The fourth-order valence-corrected chi connectivity index (χ4v) is 3.31. The number of esters is 3. The molecule has 0 saturated carbocycles. The third kappa shape index (κ3) is 8.01. The van der Waals surface area contributed by atoms with E-state index in [0.717, 1.165) is 29.4 Å². The molecule has 3 aromatic carbocycles. The average molecular weight is 539 g/mol. The summed E-state index contributed by atoms with van der Waals surface area (Å²) in [5, 5.41) is 9.69. The van der Waals surface area contributed by atoms with E-state index in [1.165, 1.54) is 18.2 Å². The van der Waals surface area contributed by atoms with E-state index in [0.29, 0.717) is 11.1 Å². The van der Waals surface area contributed by atoms with E-state index in [1.807, 2.05) is 24.3 Å². The lowest BCUT2D eigenvalue weighted by atomic mass is 10.0. The van der Waals surface area contributed by atoms with E-state index in [4.69, 9.17) is 18.9 Å². The predicted octanol–water partition coefficient (Wildman–Crippen LogP) is 5.68. The van der Waals surface area contributed by atoms with Crippen molar-refractivity contribution in [3.05, 3.63) is 122 Å². The van der Waals surface area contributed by atoms with Crippen LogP contribution in [0, 0.1) is 0 Å². The van der Waals surface area contributed by atoms with Gasteiger partial charge in [0, 0.05) is 41.5 Å². The van der Waals surface area contributed by atoms with E-state index in [2.05, 4.69) is 26.3 Å². The molecule has 0 spiro atoms. The highest BCUT2D eigenvalue weighted by molar-refractivity contribution is 5.87. The number of hydrogen-bond acceptors (Lipinski definition) is 8. The molecule has 0 aliphatic rings. The zero-order chi connectivity index (χ0) is 29.1. The van der Waals surface area contributed by atoms with E-state index in [9.17, 15) is 19.5 Å². The number of carbonyl (C=O) groups excluding carboxylic acids is 3. The van der Waals surface area contributed by atoms with Crippen molar-refractivity contribution in [2.75, 3.05) is 0 Å². The van der Waals surface area contributed by atoms with Gasteiger partial charge in [0.15, 0.2) is 0 Å². The van der Waals surface area contributed by atoms with E-state index < -0.39 is 24.2 Å². The number of carbonyl (C=O) groups is 3. The van der Waals surface area contributed by atoms with Gasteiger partial charge in [-0.3, -0.25) is 0 Å². The van der Waals surface area contributed by atoms with Crippen LogP contribution in [-0.4, -0.2) is 29.3 Å². The van der Waals surface area contributed by atoms with Crippen LogP contribution in [0.1, 0.15) is 11.1 Å². The molecule has 3 aromatic rings. The van der Waals surface area contributed by atoms with Crippen molar-refractivity contribution < 1.29 is 38.4 Å². The van der Waals surface area contributed by atoms with Crippen molar-refractivity contribution in [2.24, 2.45) is 0 Å². The Morgan fingerprint density at radius 2 is 1.25 bits per heavy atom. The molecule has 40 heavy (non-hydrogen) atoms. The van der Waals surface area contributed by atoms with Gasteiger partial charge in [-0.25, -0.2) is 14.4 Å². The summed E-state index contributed by atoms with van der Waals surface area (Å²) in [6, 6.07) is 16.8. The second kappa shape index (κ2) is 13.9. The smallest absolute Gasteiger partial charge is 0.335 e. The maximum absolute atomic E-state index is 11.9. The molecule has 202 valence electrons. The van der Waals surface area contributed by atoms with Gasteiger partial charge in [-0.15, -0.1) is 0 Å². The van der Waals surface area contributed by atoms with Gasteiger partial charge in [-0.05, 0) is 41.5 Å². The first kappa shape index (κ1) is 29.1. The summed E-state index contributed by atoms with van der Waals surface area (Å²) in [7, 11) is 0. The molecule has 0 amide bonds. The summed E-state index contributed by atoms with van der Waals surface area (Å²) in [6.07, 6.45) is 6.61. The van der Waals surface area contributed by atoms with Gasteiger partial charge in [0.2, 0.25) is 6.29 Å². The minimum Gasteiger partial charge on any atom is -0.461 e. The molecule has 0 bridgehead atoms. The molecule has 3 rings (SSSR count). The van der Waals surface area contributed by atoms with Crippen LogP contribution in [0.25, 0.3) is 23.3 Å². The number of benzene rings is 3. The van der Waals surface area contributed by atoms with Gasteiger partial charge < -0.3 is 24.1 Å². The van der Waals surface area contributed by atoms with E-state index in [-0.39, 0.29) is 23.0 Å². The van der Waals surface area contributed by atoms with Gasteiger partial charge >= 0.3 is 17.9 Å². The van der Waals surface area contributed by atoms with Gasteiger partial charge in [0.25, 0.3) is 0 Å². The SMILES string of the molecule is C=CC(=O)Oc1ccc(/C=C/c2ccc(-c3ccc(OC(O)C=C)cc3OC(=O)C=C)cc2)c(OC(=O)C=C)c1. The lowest BCUT2D eigenvalue weighted by Gasteiger charge is -2.14. The fourth-order valence-electron chi connectivity index (χ4n) is 3.31. The zero-order valence-electron chi connectivity index (χ0n) is 21.4. The maximum Gasteiger partial charge on any atom is 0.335 e. The lowest BCUT2D eigenvalue weighted by molar-refractivity contribution is -0.130. The van der Waals surface area contributed by atoms with Gasteiger partial charge in [0.05, 0.1) is 0 Å². The van der Waals surface area contributed by atoms with Crippen molar-refractivity contribution in [3.63, 3.8) is 0 Å². The van der Waals surface area contributed by atoms with Crippen LogP contribution in [0.15, 0.2) is 111 Å². The summed E-state index contributed by atoms with van der Waals surface area (Å²) in [5.41, 5.74) is 2.71. The largest absolute Gasteiger partial charge is 0.461 e. The van der Waals surface area contributed by atoms with E-state index >= 15 is 0 Å². The van der Waals surface area contributed by atoms with Crippen LogP contribution in [-0.2, 0) is 14.4 Å². The van der Waals surface area contributed by atoms with E-state index in [1.54, 1.807) is 36.4 Å². The molecule has 8 nitrogen and oxygen atoms in total. The monoisotopic (exact) mass is 538 g/mol. The summed E-state index contributed by atoms with van der Waals surface area (Å²) in [4.78, 5) is 35.3. The molecular weight excluding hydrogens is 512 g/mol. The molecule has 1 unspecified atom stereocenters. The van der Waals surface area contributed by atoms with Crippen molar-refractivity contribution in [1.29, 1.82) is 0 Å². The van der Waals surface area contributed by atoms with Crippen molar-refractivity contribution in [1.82, 2.24) is 0 Å². The summed E-state index contributed by atoms with van der Waals surface area (Å²) in [5.74, 6) is -1.13. The molecule has 0 aromatic heterocycles. The lowest BCUT2D eigenvalue weighted by Crippen LogP contribution is -2.11. The minimum absolute atomic E-state index is 0.171. The number of aliphatic hydroxyl groups is 1. The quantitative estimate of drug-likeness (QED) is 0.0784. The molecule has 0 aliphatic heterocycles. The molecular formula is C32H26O8. The Bertz CT molecular complexity index is 1480. The molecule has 0 radical (unpaired) electrons. The summed E-state index contributed by atoms with van der Waals surface area (Å²) in [6.45, 7) is 13.6. The molecule has 1 N–H and O–H groups in total. The Kier molecular flexibility index (Phi) is 10.1. The van der Waals surface area contributed by atoms with Gasteiger partial charge in [-0.2, -0.15) is 0 Å². The fraction of sp³-hybridized carbons (Fsp3) is 0.0312. The van der Waals surface area contributed by atoms with Crippen LogP contribution in [0.2, 0.25) is 0 Å². The number of aliphatic hydroxyl groups excluding tert-OH is 1. The zero-order valence-corrected chi connectivity index (χ0v) is 21.4.